The van der Waals surface area contributed by atoms with E-state index in [-0.39, 0.29) is 6.04 Å². The second-order valence-electron chi connectivity index (χ2n) is 6.18. The van der Waals surface area contributed by atoms with Crippen molar-refractivity contribution < 1.29 is 4.39 Å². The van der Waals surface area contributed by atoms with Crippen LogP contribution in [0.2, 0.25) is 0 Å². The first-order chi connectivity index (χ1) is 8.96. The molecule has 0 saturated heterocycles. The molecular weight excluding hydrogens is 239 g/mol. The summed E-state index contributed by atoms with van der Waals surface area (Å²) < 4.78 is 13.9. The molecule has 0 bridgehead atoms. The number of aromatic nitrogens is 1. The average molecular weight is 260 g/mol. The molecule has 1 aromatic carbocycles. The summed E-state index contributed by atoms with van der Waals surface area (Å²) in [7, 11) is 0. The van der Waals surface area contributed by atoms with Crippen molar-refractivity contribution in [2.75, 3.05) is 13.1 Å². The Balaban J connectivity index is 1.97. The summed E-state index contributed by atoms with van der Waals surface area (Å²) >= 11 is 0. The first-order valence-corrected chi connectivity index (χ1v) is 6.98. The third-order valence-corrected chi connectivity index (χ3v) is 4.04. The molecule has 1 unspecified atom stereocenters. The lowest BCUT2D eigenvalue weighted by Gasteiger charge is -2.36. The molecule has 2 heterocycles. The maximum Gasteiger partial charge on any atom is 0.118 e. The molecule has 0 amide bonds. The molecular formula is C16H21FN2. The van der Waals surface area contributed by atoms with Crippen LogP contribution in [0.1, 0.15) is 38.1 Å². The molecule has 0 saturated carbocycles. The van der Waals surface area contributed by atoms with Gasteiger partial charge in [-0.25, -0.2) is 4.39 Å². The first-order valence-electron chi connectivity index (χ1n) is 6.98. The molecule has 3 rings (SSSR count). The van der Waals surface area contributed by atoms with E-state index < -0.39 is 5.67 Å². The predicted molar refractivity (Wildman–Crippen MR) is 77.2 cm³/mol. The molecule has 1 aliphatic rings. The van der Waals surface area contributed by atoms with E-state index in [4.69, 9.17) is 0 Å². The molecule has 0 spiro atoms. The van der Waals surface area contributed by atoms with Crippen LogP contribution in [0.25, 0.3) is 10.9 Å². The van der Waals surface area contributed by atoms with Gasteiger partial charge in [0.05, 0.1) is 0 Å². The van der Waals surface area contributed by atoms with Crippen LogP contribution in [0.5, 0.6) is 0 Å². The van der Waals surface area contributed by atoms with Gasteiger partial charge in [-0.2, -0.15) is 0 Å². The quantitative estimate of drug-likeness (QED) is 0.869. The van der Waals surface area contributed by atoms with Crippen molar-refractivity contribution in [2.24, 2.45) is 0 Å². The van der Waals surface area contributed by atoms with Gasteiger partial charge in [0, 0.05) is 35.7 Å². The summed E-state index contributed by atoms with van der Waals surface area (Å²) in [6.07, 6.45) is 1.000. The van der Waals surface area contributed by atoms with Gasteiger partial charge in [-0.1, -0.05) is 18.2 Å². The number of nitrogens with zero attached hydrogens (tertiary/aromatic N) is 1. The van der Waals surface area contributed by atoms with Crippen molar-refractivity contribution in [1.29, 1.82) is 0 Å². The van der Waals surface area contributed by atoms with Gasteiger partial charge in [0.15, 0.2) is 0 Å². The third-order valence-electron chi connectivity index (χ3n) is 4.04. The lowest BCUT2D eigenvalue weighted by molar-refractivity contribution is 0.0920. The SMILES string of the molecule is CC1c2[nH]c3ccccc3c2CCN1CC(C)(C)F. The van der Waals surface area contributed by atoms with E-state index in [1.807, 2.05) is 0 Å². The number of halogens is 1. The van der Waals surface area contributed by atoms with E-state index in [1.54, 1.807) is 13.8 Å². The summed E-state index contributed by atoms with van der Waals surface area (Å²) in [5, 5.41) is 1.32. The Bertz CT molecular complexity index is 594. The molecule has 3 heteroatoms. The van der Waals surface area contributed by atoms with Crippen LogP contribution in [0.3, 0.4) is 0 Å². The van der Waals surface area contributed by atoms with E-state index in [9.17, 15) is 4.39 Å². The van der Waals surface area contributed by atoms with Gasteiger partial charge in [0.2, 0.25) is 0 Å². The zero-order valence-electron chi connectivity index (χ0n) is 11.8. The lowest BCUT2D eigenvalue weighted by Crippen LogP contribution is -2.41. The Morgan fingerprint density at radius 1 is 1.37 bits per heavy atom. The summed E-state index contributed by atoms with van der Waals surface area (Å²) in [4.78, 5) is 5.75. The average Bonchev–Trinajstić information content (AvgIpc) is 2.71. The van der Waals surface area contributed by atoms with E-state index in [0.717, 1.165) is 13.0 Å². The first kappa shape index (κ1) is 12.7. The van der Waals surface area contributed by atoms with Crippen LogP contribution in [0, 0.1) is 0 Å². The highest BCUT2D eigenvalue weighted by Gasteiger charge is 2.30. The highest BCUT2D eigenvalue weighted by atomic mass is 19.1. The minimum absolute atomic E-state index is 0.256. The zero-order valence-corrected chi connectivity index (χ0v) is 11.8. The largest absolute Gasteiger partial charge is 0.357 e. The minimum Gasteiger partial charge on any atom is -0.357 e. The van der Waals surface area contributed by atoms with E-state index in [0.29, 0.717) is 6.54 Å². The van der Waals surface area contributed by atoms with Gasteiger partial charge in [-0.3, -0.25) is 4.90 Å². The van der Waals surface area contributed by atoms with Crippen molar-refractivity contribution in [3.8, 4) is 0 Å². The molecule has 1 aliphatic heterocycles. The van der Waals surface area contributed by atoms with Gasteiger partial charge in [-0.15, -0.1) is 0 Å². The second-order valence-corrected chi connectivity index (χ2v) is 6.18. The molecule has 0 fully saturated rings. The van der Waals surface area contributed by atoms with Gasteiger partial charge < -0.3 is 4.98 Å². The van der Waals surface area contributed by atoms with Crippen LogP contribution in [-0.4, -0.2) is 28.6 Å². The van der Waals surface area contributed by atoms with Crippen molar-refractivity contribution in [3.63, 3.8) is 0 Å². The maximum absolute atomic E-state index is 13.9. The van der Waals surface area contributed by atoms with E-state index in [1.165, 1.54) is 22.2 Å². The molecule has 2 nitrogen and oxygen atoms in total. The topological polar surface area (TPSA) is 19.0 Å². The summed E-state index contributed by atoms with van der Waals surface area (Å²) in [5.74, 6) is 0. The number of hydrogen-bond acceptors (Lipinski definition) is 1. The van der Waals surface area contributed by atoms with Gasteiger partial charge in [0.1, 0.15) is 5.67 Å². The van der Waals surface area contributed by atoms with Crippen molar-refractivity contribution in [1.82, 2.24) is 9.88 Å². The van der Waals surface area contributed by atoms with Gasteiger partial charge in [-0.05, 0) is 38.8 Å². The number of aromatic amines is 1. The van der Waals surface area contributed by atoms with Crippen LogP contribution < -0.4 is 0 Å². The molecule has 0 aliphatic carbocycles. The smallest absolute Gasteiger partial charge is 0.118 e. The minimum atomic E-state index is -1.14. The van der Waals surface area contributed by atoms with Crippen molar-refractivity contribution in [2.45, 2.75) is 38.9 Å². The van der Waals surface area contributed by atoms with Crippen LogP contribution in [0.15, 0.2) is 24.3 Å². The zero-order chi connectivity index (χ0) is 13.6. The molecule has 0 radical (unpaired) electrons. The number of hydrogen-bond donors (Lipinski definition) is 1. The molecule has 1 atom stereocenters. The highest BCUT2D eigenvalue weighted by Crippen LogP contribution is 2.34. The fourth-order valence-electron chi connectivity index (χ4n) is 3.18. The Labute approximate surface area is 113 Å². The van der Waals surface area contributed by atoms with E-state index >= 15 is 0 Å². The van der Waals surface area contributed by atoms with Crippen molar-refractivity contribution >= 4 is 10.9 Å². The van der Waals surface area contributed by atoms with Gasteiger partial charge >= 0.3 is 0 Å². The van der Waals surface area contributed by atoms with Crippen LogP contribution in [0.4, 0.5) is 4.39 Å². The molecule has 2 aromatic rings. The van der Waals surface area contributed by atoms with Crippen LogP contribution >= 0.6 is 0 Å². The highest BCUT2D eigenvalue weighted by molar-refractivity contribution is 5.85. The Morgan fingerprint density at radius 3 is 2.84 bits per heavy atom. The predicted octanol–water partition coefficient (Wildman–Crippen LogP) is 3.84. The normalized spacial score (nSPS) is 20.7. The summed E-state index contributed by atoms with van der Waals surface area (Å²) in [6.45, 7) is 6.90. The molecule has 102 valence electrons. The number of benzene rings is 1. The van der Waals surface area contributed by atoms with E-state index in [2.05, 4.69) is 41.1 Å². The Hall–Kier alpha value is -1.35. The monoisotopic (exact) mass is 260 g/mol. The number of para-hydroxylation sites is 1. The number of rotatable bonds is 2. The number of nitrogens with one attached hydrogen (secondary N) is 1. The molecule has 19 heavy (non-hydrogen) atoms. The second kappa shape index (κ2) is 4.34. The standard InChI is InChI=1S/C16H21FN2/c1-11-15-13(8-9-19(11)10-16(2,3)17)12-6-4-5-7-14(12)18-15/h4-7,11,18H,8-10H2,1-3H3. The molecule has 1 N–H and O–H groups in total. The van der Waals surface area contributed by atoms with Crippen molar-refractivity contribution in [3.05, 3.63) is 35.5 Å². The Morgan fingerprint density at radius 2 is 2.11 bits per heavy atom. The van der Waals surface area contributed by atoms with Gasteiger partial charge in [0.25, 0.3) is 0 Å². The fraction of sp³-hybridized carbons (Fsp3) is 0.500. The Kier molecular flexibility index (Phi) is 2.90. The number of fused-ring (bicyclic) bond motifs is 3. The maximum atomic E-state index is 13.9. The molecule has 1 aromatic heterocycles. The fourth-order valence-corrected chi connectivity index (χ4v) is 3.18. The number of alkyl halides is 1. The summed E-state index contributed by atoms with van der Waals surface area (Å²) in [5.41, 5.74) is 2.73. The number of H-pyrrole nitrogens is 1. The lowest BCUT2D eigenvalue weighted by atomic mass is 9.97. The third kappa shape index (κ3) is 2.27. The van der Waals surface area contributed by atoms with Crippen LogP contribution in [-0.2, 0) is 6.42 Å². The summed E-state index contributed by atoms with van der Waals surface area (Å²) in [6, 6.07) is 8.68.